The summed E-state index contributed by atoms with van der Waals surface area (Å²) in [5.74, 6) is -1.41. The van der Waals surface area contributed by atoms with E-state index in [2.05, 4.69) is 10.5 Å². The van der Waals surface area contributed by atoms with Crippen LogP contribution in [0.5, 0.6) is 0 Å². The lowest BCUT2D eigenvalue weighted by molar-refractivity contribution is -0.173. The second-order valence-electron chi connectivity index (χ2n) is 9.55. The van der Waals surface area contributed by atoms with Crippen molar-refractivity contribution in [1.29, 1.82) is 0 Å². The highest BCUT2D eigenvalue weighted by molar-refractivity contribution is 8.00. The number of esters is 2. The molecule has 0 saturated carbocycles. The van der Waals surface area contributed by atoms with Crippen molar-refractivity contribution < 1.29 is 33.2 Å². The zero-order valence-corrected chi connectivity index (χ0v) is 21.4. The number of thioether (sulfide) groups is 1. The van der Waals surface area contributed by atoms with Crippen LogP contribution in [0.2, 0.25) is 0 Å². The van der Waals surface area contributed by atoms with Crippen LogP contribution in [-0.4, -0.2) is 57.8 Å². The number of nitrogens with one attached hydrogen (secondary N) is 1. The number of nitrogens with zero attached hydrogens (tertiary/aromatic N) is 2. The number of aromatic nitrogens is 1. The van der Waals surface area contributed by atoms with E-state index in [1.807, 2.05) is 30.3 Å². The van der Waals surface area contributed by atoms with Gasteiger partial charge < -0.3 is 19.3 Å². The third-order valence-corrected chi connectivity index (χ3v) is 7.19. The third kappa shape index (κ3) is 4.75. The highest BCUT2D eigenvalue weighted by Gasteiger charge is 2.54. The molecule has 0 spiro atoms. The number of benzene rings is 1. The Morgan fingerprint density at radius 3 is 2.53 bits per heavy atom. The minimum Gasteiger partial charge on any atom is -0.427 e. The van der Waals surface area contributed by atoms with E-state index in [0.717, 1.165) is 0 Å². The van der Waals surface area contributed by atoms with Crippen LogP contribution in [0.15, 0.2) is 46.1 Å². The monoisotopic (exact) mass is 513 g/mol. The number of amides is 2. The lowest BCUT2D eigenvalue weighted by Gasteiger charge is -2.49. The fourth-order valence-corrected chi connectivity index (χ4v) is 5.12. The molecule has 3 heterocycles. The van der Waals surface area contributed by atoms with Gasteiger partial charge in [0.2, 0.25) is 6.79 Å². The summed E-state index contributed by atoms with van der Waals surface area (Å²) in [4.78, 5) is 52.2. The van der Waals surface area contributed by atoms with Crippen LogP contribution in [-0.2, 0) is 23.9 Å². The van der Waals surface area contributed by atoms with Crippen molar-refractivity contribution >= 4 is 35.5 Å². The van der Waals surface area contributed by atoms with Gasteiger partial charge in [-0.2, -0.15) is 0 Å². The molecular formula is C25H27N3O7S. The summed E-state index contributed by atoms with van der Waals surface area (Å²) in [6.07, 6.45) is 0. The molecule has 1 aromatic carbocycles. The van der Waals surface area contributed by atoms with Crippen molar-refractivity contribution in [2.45, 2.75) is 46.0 Å². The van der Waals surface area contributed by atoms with Gasteiger partial charge in [-0.05, 0) is 40.2 Å². The number of aryl methyl sites for hydroxylation is 1. The van der Waals surface area contributed by atoms with Gasteiger partial charge in [0.05, 0.1) is 5.41 Å². The van der Waals surface area contributed by atoms with E-state index >= 15 is 0 Å². The van der Waals surface area contributed by atoms with Gasteiger partial charge in [0.25, 0.3) is 11.8 Å². The molecule has 2 aliphatic rings. The Morgan fingerprint density at radius 2 is 1.86 bits per heavy atom. The Labute approximate surface area is 212 Å². The number of fused-ring (bicyclic) bond motifs is 1. The predicted octanol–water partition coefficient (Wildman–Crippen LogP) is 3.03. The summed E-state index contributed by atoms with van der Waals surface area (Å²) >= 11 is 1.43. The van der Waals surface area contributed by atoms with Crippen LogP contribution in [0.4, 0.5) is 0 Å². The number of β-lactam (4-membered cyclic amide) rings is 1. The Kier molecular flexibility index (Phi) is 6.94. The molecule has 2 aliphatic heterocycles. The maximum atomic E-state index is 13.2. The van der Waals surface area contributed by atoms with E-state index in [1.54, 1.807) is 34.6 Å². The lowest BCUT2D eigenvalue weighted by Crippen LogP contribution is -2.70. The molecule has 190 valence electrons. The number of hydrogen-bond donors (Lipinski definition) is 1. The highest BCUT2D eigenvalue weighted by Crippen LogP contribution is 2.40. The largest absolute Gasteiger partial charge is 0.427 e. The number of carbonyl (C=O) groups is 4. The molecule has 1 aromatic heterocycles. The van der Waals surface area contributed by atoms with Crippen LogP contribution in [0.25, 0.3) is 11.3 Å². The van der Waals surface area contributed by atoms with E-state index in [4.69, 9.17) is 14.0 Å². The molecule has 4 rings (SSSR count). The summed E-state index contributed by atoms with van der Waals surface area (Å²) < 4.78 is 15.4. The quantitative estimate of drug-likeness (QED) is 0.352. The van der Waals surface area contributed by atoms with Crippen molar-refractivity contribution in [2.75, 3.05) is 12.5 Å². The Hall–Kier alpha value is -3.60. The third-order valence-electron chi connectivity index (χ3n) is 5.77. The van der Waals surface area contributed by atoms with Crippen molar-refractivity contribution in [3.8, 4) is 11.3 Å². The highest BCUT2D eigenvalue weighted by atomic mass is 32.2. The van der Waals surface area contributed by atoms with Gasteiger partial charge in [0.1, 0.15) is 34.1 Å². The van der Waals surface area contributed by atoms with Crippen LogP contribution in [0, 0.1) is 12.3 Å². The molecule has 10 nitrogen and oxygen atoms in total. The van der Waals surface area contributed by atoms with Gasteiger partial charge in [-0.25, -0.2) is 4.79 Å². The molecule has 1 N–H and O–H groups in total. The van der Waals surface area contributed by atoms with Gasteiger partial charge in [0, 0.05) is 11.3 Å². The molecule has 0 aliphatic carbocycles. The molecule has 2 aromatic rings. The smallest absolute Gasteiger partial charge is 0.357 e. The van der Waals surface area contributed by atoms with E-state index in [0.29, 0.717) is 28.3 Å². The van der Waals surface area contributed by atoms with E-state index < -0.39 is 47.4 Å². The number of rotatable bonds is 6. The van der Waals surface area contributed by atoms with Gasteiger partial charge in [-0.3, -0.25) is 19.3 Å². The van der Waals surface area contributed by atoms with E-state index in [9.17, 15) is 19.2 Å². The normalized spacial score (nSPS) is 19.4. The van der Waals surface area contributed by atoms with Gasteiger partial charge in [0.15, 0.2) is 0 Å². The topological polar surface area (TPSA) is 128 Å². The van der Waals surface area contributed by atoms with E-state index in [-0.39, 0.29) is 11.3 Å². The fraction of sp³-hybridized carbons (Fsp3) is 0.400. The molecule has 36 heavy (non-hydrogen) atoms. The zero-order chi connectivity index (χ0) is 26.2. The molecule has 1 unspecified atom stereocenters. The maximum absolute atomic E-state index is 13.2. The van der Waals surface area contributed by atoms with Crippen LogP contribution in [0.3, 0.4) is 0 Å². The fourth-order valence-electron chi connectivity index (χ4n) is 3.83. The molecule has 2 amide bonds. The second-order valence-corrected chi connectivity index (χ2v) is 10.7. The number of ether oxygens (including phenoxy) is 2. The maximum Gasteiger partial charge on any atom is 0.357 e. The first-order valence-corrected chi connectivity index (χ1v) is 12.4. The average Bonchev–Trinajstić information content (AvgIpc) is 3.23. The molecule has 11 heteroatoms. The second kappa shape index (κ2) is 9.81. The van der Waals surface area contributed by atoms with Gasteiger partial charge in [-0.1, -0.05) is 35.5 Å². The molecule has 1 fully saturated rings. The summed E-state index contributed by atoms with van der Waals surface area (Å²) in [7, 11) is 0. The average molecular weight is 514 g/mol. The van der Waals surface area contributed by atoms with E-state index in [1.165, 1.54) is 16.7 Å². The summed E-state index contributed by atoms with van der Waals surface area (Å²) in [6, 6.07) is 8.29. The van der Waals surface area contributed by atoms with Crippen LogP contribution in [0.1, 0.15) is 43.8 Å². The molecular weight excluding hydrogens is 486 g/mol. The van der Waals surface area contributed by atoms with Crippen molar-refractivity contribution in [1.82, 2.24) is 15.4 Å². The first-order chi connectivity index (χ1) is 17.0. The van der Waals surface area contributed by atoms with Crippen molar-refractivity contribution in [2.24, 2.45) is 5.41 Å². The first kappa shape index (κ1) is 25.5. The zero-order valence-electron chi connectivity index (χ0n) is 20.6. The standard InChI is InChI=1S/C25H27N3O7S/c1-13-11-36-22-18(21(30)28(22)19(13)23(31)33-12-34-24(32)25(3,4)5)26-20(29)16-14(2)35-27-17(16)15-9-7-6-8-10-15/h6-10,18,22H,11-12H2,1-5H3,(H,26,29)/t18?,22-/m0/s1. The predicted molar refractivity (Wildman–Crippen MR) is 130 cm³/mol. The Bertz CT molecular complexity index is 1250. The summed E-state index contributed by atoms with van der Waals surface area (Å²) in [6.45, 7) is 7.86. The van der Waals surface area contributed by atoms with Gasteiger partial charge in [-0.15, -0.1) is 11.8 Å². The van der Waals surface area contributed by atoms with Crippen LogP contribution < -0.4 is 5.32 Å². The van der Waals surface area contributed by atoms with Gasteiger partial charge >= 0.3 is 11.9 Å². The lowest BCUT2D eigenvalue weighted by atomic mass is 9.98. The van der Waals surface area contributed by atoms with Crippen molar-refractivity contribution in [3.63, 3.8) is 0 Å². The number of carbonyl (C=O) groups excluding carboxylic acids is 4. The minimum atomic E-state index is -0.838. The summed E-state index contributed by atoms with van der Waals surface area (Å²) in [5, 5.41) is 6.31. The molecule has 0 radical (unpaired) electrons. The summed E-state index contributed by atoms with van der Waals surface area (Å²) in [5.41, 5.74) is 1.37. The molecule has 2 atom stereocenters. The Balaban J connectivity index is 1.44. The number of hydrogen-bond acceptors (Lipinski definition) is 9. The Morgan fingerprint density at radius 1 is 1.17 bits per heavy atom. The first-order valence-electron chi connectivity index (χ1n) is 11.3. The minimum absolute atomic E-state index is 0.104. The van der Waals surface area contributed by atoms with Crippen LogP contribution >= 0.6 is 11.8 Å². The van der Waals surface area contributed by atoms with Crippen molar-refractivity contribution in [3.05, 3.63) is 52.9 Å². The molecule has 1 saturated heterocycles. The molecule has 0 bridgehead atoms. The SMILES string of the molecule is CC1=C(C(=O)OCOC(=O)C(C)(C)C)N2C(=O)C(NC(=O)c3c(-c4ccccc4)noc3C)[C@@H]2SC1.